The van der Waals surface area contributed by atoms with Crippen LogP contribution >= 0.6 is 11.3 Å². The monoisotopic (exact) mass is 196 g/mol. The summed E-state index contributed by atoms with van der Waals surface area (Å²) in [5.74, 6) is 0.543. The van der Waals surface area contributed by atoms with Crippen molar-refractivity contribution >= 4 is 22.9 Å². The molecule has 3 nitrogen and oxygen atoms in total. The van der Waals surface area contributed by atoms with E-state index in [4.69, 9.17) is 5.73 Å². The van der Waals surface area contributed by atoms with Crippen LogP contribution in [0.5, 0.6) is 0 Å². The minimum atomic E-state index is 0.203. The second-order valence-electron chi connectivity index (χ2n) is 3.29. The van der Waals surface area contributed by atoms with Gasteiger partial charge in [0.15, 0.2) is 0 Å². The van der Waals surface area contributed by atoms with E-state index in [0.29, 0.717) is 18.9 Å². The van der Waals surface area contributed by atoms with Crippen molar-refractivity contribution in [1.29, 1.82) is 0 Å². The van der Waals surface area contributed by atoms with Gasteiger partial charge >= 0.3 is 0 Å². The number of rotatable bonds is 2. The molecule has 2 rings (SSSR count). The summed E-state index contributed by atoms with van der Waals surface area (Å²) in [6, 6.07) is 1.97. The van der Waals surface area contributed by atoms with Gasteiger partial charge in [0.05, 0.1) is 5.69 Å². The van der Waals surface area contributed by atoms with Crippen LogP contribution in [-0.2, 0) is 4.79 Å². The number of nitrogens with zero attached hydrogens (tertiary/aromatic N) is 1. The van der Waals surface area contributed by atoms with Crippen molar-refractivity contribution in [2.45, 2.75) is 6.42 Å². The third-order valence-corrected chi connectivity index (χ3v) is 3.03. The van der Waals surface area contributed by atoms with Gasteiger partial charge < -0.3 is 10.6 Å². The van der Waals surface area contributed by atoms with E-state index in [1.807, 2.05) is 21.7 Å². The van der Waals surface area contributed by atoms with Gasteiger partial charge in [-0.15, -0.1) is 0 Å². The van der Waals surface area contributed by atoms with E-state index in [0.717, 1.165) is 12.2 Å². The van der Waals surface area contributed by atoms with Gasteiger partial charge in [0.1, 0.15) is 0 Å². The molecule has 1 aliphatic heterocycles. The first-order valence-electron chi connectivity index (χ1n) is 4.34. The Morgan fingerprint density at radius 1 is 1.69 bits per heavy atom. The Hall–Kier alpha value is -0.870. The van der Waals surface area contributed by atoms with Gasteiger partial charge in [0.25, 0.3) is 0 Å². The number of carbonyl (C=O) groups excluding carboxylic acids is 1. The maximum Gasteiger partial charge on any atom is 0.227 e. The summed E-state index contributed by atoms with van der Waals surface area (Å²) < 4.78 is 0. The van der Waals surface area contributed by atoms with E-state index in [2.05, 4.69) is 0 Å². The lowest BCUT2D eigenvalue weighted by Crippen LogP contribution is -2.25. The Kier molecular flexibility index (Phi) is 2.33. The van der Waals surface area contributed by atoms with Gasteiger partial charge in [0.2, 0.25) is 5.91 Å². The first kappa shape index (κ1) is 8.72. The van der Waals surface area contributed by atoms with Gasteiger partial charge in [-0.25, -0.2) is 0 Å². The van der Waals surface area contributed by atoms with Gasteiger partial charge in [-0.05, 0) is 23.9 Å². The van der Waals surface area contributed by atoms with Gasteiger partial charge in [-0.3, -0.25) is 4.79 Å². The highest BCUT2D eigenvalue weighted by Gasteiger charge is 2.29. The molecule has 0 spiro atoms. The Labute approximate surface area is 81.2 Å². The fourth-order valence-corrected chi connectivity index (χ4v) is 2.24. The molecule has 70 valence electrons. The van der Waals surface area contributed by atoms with Crippen molar-refractivity contribution in [2.24, 2.45) is 11.7 Å². The molecule has 0 saturated carbocycles. The summed E-state index contributed by atoms with van der Waals surface area (Å²) in [7, 11) is 0. The van der Waals surface area contributed by atoms with Gasteiger partial charge in [0, 0.05) is 18.3 Å². The van der Waals surface area contributed by atoms with Crippen molar-refractivity contribution in [3.8, 4) is 0 Å². The molecule has 0 aliphatic carbocycles. The first-order chi connectivity index (χ1) is 6.31. The van der Waals surface area contributed by atoms with Crippen LogP contribution < -0.4 is 10.6 Å². The summed E-state index contributed by atoms with van der Waals surface area (Å²) in [6.45, 7) is 1.39. The maximum absolute atomic E-state index is 11.5. The molecule has 1 aromatic heterocycles. The number of thiophene rings is 1. The molecular weight excluding hydrogens is 184 g/mol. The van der Waals surface area contributed by atoms with Gasteiger partial charge in [-0.1, -0.05) is 0 Å². The normalized spacial score (nSPS) is 22.7. The Morgan fingerprint density at radius 3 is 3.08 bits per heavy atom. The van der Waals surface area contributed by atoms with Crippen molar-refractivity contribution in [3.63, 3.8) is 0 Å². The molecule has 1 atom stereocenters. The summed E-state index contributed by atoms with van der Waals surface area (Å²) in [5, 5.41) is 3.98. The highest BCUT2D eigenvalue weighted by atomic mass is 32.1. The third-order valence-electron chi connectivity index (χ3n) is 2.36. The Balaban J connectivity index is 2.14. The SMILES string of the molecule is NCC1CC(=O)N(c2ccsc2)C1. The fourth-order valence-electron chi connectivity index (χ4n) is 1.60. The standard InChI is InChI=1S/C9H12N2OS/c10-4-7-3-9(12)11(5-7)8-1-2-13-6-8/h1-2,6-7H,3-5,10H2. The quantitative estimate of drug-likeness (QED) is 0.768. The summed E-state index contributed by atoms with van der Waals surface area (Å²) >= 11 is 1.61. The van der Waals surface area contributed by atoms with Crippen LogP contribution in [0, 0.1) is 5.92 Å². The van der Waals surface area contributed by atoms with Crippen molar-refractivity contribution in [3.05, 3.63) is 16.8 Å². The second-order valence-corrected chi connectivity index (χ2v) is 4.07. The lowest BCUT2D eigenvalue weighted by atomic mass is 10.1. The highest BCUT2D eigenvalue weighted by Crippen LogP contribution is 2.25. The van der Waals surface area contributed by atoms with E-state index in [9.17, 15) is 4.79 Å². The topological polar surface area (TPSA) is 46.3 Å². The number of nitrogens with two attached hydrogens (primary N) is 1. The van der Waals surface area contributed by atoms with Crippen LogP contribution in [0.4, 0.5) is 5.69 Å². The van der Waals surface area contributed by atoms with Crippen LogP contribution in [0.1, 0.15) is 6.42 Å². The molecular formula is C9H12N2OS. The third kappa shape index (κ3) is 1.59. The molecule has 1 saturated heterocycles. The Bertz CT molecular complexity index is 297. The fraction of sp³-hybridized carbons (Fsp3) is 0.444. The molecule has 13 heavy (non-hydrogen) atoms. The smallest absolute Gasteiger partial charge is 0.227 e. The molecule has 4 heteroatoms. The van der Waals surface area contributed by atoms with E-state index >= 15 is 0 Å². The van der Waals surface area contributed by atoms with Crippen molar-refractivity contribution < 1.29 is 4.79 Å². The second kappa shape index (κ2) is 3.47. The molecule has 1 fully saturated rings. The van der Waals surface area contributed by atoms with Crippen LogP contribution in [0.25, 0.3) is 0 Å². The largest absolute Gasteiger partial charge is 0.330 e. The minimum absolute atomic E-state index is 0.203. The van der Waals surface area contributed by atoms with E-state index in [-0.39, 0.29) is 5.91 Å². The first-order valence-corrected chi connectivity index (χ1v) is 5.28. The number of carbonyl (C=O) groups is 1. The molecule has 1 unspecified atom stereocenters. The van der Waals surface area contributed by atoms with E-state index in [1.54, 1.807) is 11.3 Å². The average Bonchev–Trinajstić information content (AvgIpc) is 2.72. The maximum atomic E-state index is 11.5. The lowest BCUT2D eigenvalue weighted by molar-refractivity contribution is -0.117. The number of hydrogen-bond donors (Lipinski definition) is 1. The molecule has 1 aromatic rings. The molecule has 2 N–H and O–H groups in total. The molecule has 1 aliphatic rings. The summed E-state index contributed by atoms with van der Waals surface area (Å²) in [6.07, 6.45) is 0.604. The van der Waals surface area contributed by atoms with Crippen LogP contribution in [0.2, 0.25) is 0 Å². The average molecular weight is 196 g/mol. The van der Waals surface area contributed by atoms with E-state index in [1.165, 1.54) is 0 Å². The lowest BCUT2D eigenvalue weighted by Gasteiger charge is -2.13. The minimum Gasteiger partial charge on any atom is -0.330 e. The van der Waals surface area contributed by atoms with Crippen molar-refractivity contribution in [2.75, 3.05) is 18.0 Å². The zero-order chi connectivity index (χ0) is 9.26. The predicted octanol–water partition coefficient (Wildman–Crippen LogP) is 1.06. The number of amides is 1. The van der Waals surface area contributed by atoms with Crippen LogP contribution in [-0.4, -0.2) is 19.0 Å². The zero-order valence-corrected chi connectivity index (χ0v) is 8.09. The predicted molar refractivity (Wildman–Crippen MR) is 53.8 cm³/mol. The van der Waals surface area contributed by atoms with Crippen LogP contribution in [0.3, 0.4) is 0 Å². The number of hydrogen-bond acceptors (Lipinski definition) is 3. The highest BCUT2D eigenvalue weighted by molar-refractivity contribution is 7.08. The molecule has 2 heterocycles. The summed E-state index contributed by atoms with van der Waals surface area (Å²) in [5.41, 5.74) is 6.55. The summed E-state index contributed by atoms with van der Waals surface area (Å²) in [4.78, 5) is 13.3. The van der Waals surface area contributed by atoms with Gasteiger partial charge in [-0.2, -0.15) is 11.3 Å². The Morgan fingerprint density at radius 2 is 2.54 bits per heavy atom. The molecule has 0 radical (unpaired) electrons. The zero-order valence-electron chi connectivity index (χ0n) is 7.27. The molecule has 0 bridgehead atoms. The van der Waals surface area contributed by atoms with Crippen LogP contribution in [0.15, 0.2) is 16.8 Å². The molecule has 1 amide bonds. The van der Waals surface area contributed by atoms with E-state index < -0.39 is 0 Å². The number of anilines is 1. The van der Waals surface area contributed by atoms with Crippen molar-refractivity contribution in [1.82, 2.24) is 0 Å². The molecule has 0 aromatic carbocycles.